The first-order chi connectivity index (χ1) is 1.41. The maximum Gasteiger partial charge on any atom is 0 e. The quantitative estimate of drug-likeness (QED) is 0.327. The molecule has 0 saturated carbocycles. The van der Waals surface area contributed by atoms with E-state index in [-0.39, 0.29) is 139 Å². The molecule has 0 spiro atoms. The van der Waals surface area contributed by atoms with E-state index in [2.05, 4.69) is 0 Å². The van der Waals surface area contributed by atoms with Gasteiger partial charge in [-0.3, -0.25) is 0 Å². The average molecular weight is 1030 g/mol. The molecule has 0 aliphatic rings. The predicted octanol–water partition coefficient (Wildman–Crippen LogP) is 2.13. The minimum Gasteiger partial charge on any atom is -0.358 e. The van der Waals surface area contributed by atoms with E-state index in [0.717, 1.165) is 0 Å². The topological polar surface area (TPSA) is 0 Å². The monoisotopic (exact) mass is 1030 g/mol. The molecule has 0 heterocycles. The molecule has 0 aromatic heterocycles. The number of hydrogen-bond acceptors (Lipinski definition) is 0. The van der Waals surface area contributed by atoms with Crippen LogP contribution < -0.4 is 0 Å². The fourth-order valence-corrected chi connectivity index (χ4v) is 0. The Morgan fingerprint density at radius 1 is 0.667 bits per heavy atom. The van der Waals surface area contributed by atoms with E-state index in [1.54, 1.807) is 0 Å². The van der Waals surface area contributed by atoms with Crippen molar-refractivity contribution in [3.8, 4) is 0 Å². The van der Waals surface area contributed by atoms with Crippen molar-refractivity contribution in [2.75, 3.05) is 0 Å². The van der Waals surface area contributed by atoms with Gasteiger partial charge >= 0.3 is 0 Å². The van der Waals surface area contributed by atoms with E-state index in [0.29, 0.717) is 0 Å². The summed E-state index contributed by atoms with van der Waals surface area (Å²) in [6, 6.07) is 0. The molecule has 52 valence electrons. The molecule has 0 N–H and O–H groups in total. The SMILES string of the molecule is C[CH-]C.[CH3-].[CH3-].[U].[U].[U].[U]. The molecule has 0 unspecified atom stereocenters. The van der Waals surface area contributed by atoms with Gasteiger partial charge in [0.25, 0.3) is 0 Å². The molecule has 0 radical (unpaired) electrons. The van der Waals surface area contributed by atoms with Gasteiger partial charge in [0, 0.05) is 124 Å². The zero-order chi connectivity index (χ0) is 2.71. The Labute approximate surface area is 156 Å². The van der Waals surface area contributed by atoms with Gasteiger partial charge < -0.3 is 21.3 Å². The van der Waals surface area contributed by atoms with Crippen LogP contribution in [0.15, 0.2) is 0 Å². The summed E-state index contributed by atoms with van der Waals surface area (Å²) in [5.74, 6) is 0. The van der Waals surface area contributed by atoms with Crippen molar-refractivity contribution in [3.05, 3.63) is 21.3 Å². The zero-order valence-corrected chi connectivity index (χ0v) is 23.2. The number of rotatable bonds is 0. The summed E-state index contributed by atoms with van der Waals surface area (Å²) in [6.07, 6.45) is 2.00. The van der Waals surface area contributed by atoms with Crippen molar-refractivity contribution in [3.63, 3.8) is 0 Å². The molecule has 0 amide bonds. The molecule has 9 heavy (non-hydrogen) atoms. The maximum atomic E-state index is 2.00. The standard InChI is InChI=1S/C3H7.2CH3.4U/c1-3-2;;;;;;/h3H,1-2H3;2*1H3;;;;/q3*-1;;;;. The van der Waals surface area contributed by atoms with Gasteiger partial charge in [-0.25, -0.2) is 0 Å². The van der Waals surface area contributed by atoms with Gasteiger partial charge in [0.15, 0.2) is 0 Å². The van der Waals surface area contributed by atoms with Gasteiger partial charge in [-0.2, -0.15) is 13.8 Å². The van der Waals surface area contributed by atoms with Crippen LogP contribution in [-0.4, -0.2) is 0 Å². The second-order valence-corrected chi connectivity index (χ2v) is 0.577. The van der Waals surface area contributed by atoms with E-state index in [1.807, 2.05) is 20.3 Å². The summed E-state index contributed by atoms with van der Waals surface area (Å²) in [4.78, 5) is 0. The Morgan fingerprint density at radius 3 is 0.667 bits per heavy atom. The zero-order valence-electron chi connectivity index (χ0n) is 6.58. The van der Waals surface area contributed by atoms with E-state index in [4.69, 9.17) is 0 Å². The summed E-state index contributed by atoms with van der Waals surface area (Å²) < 4.78 is 0. The summed E-state index contributed by atoms with van der Waals surface area (Å²) in [5.41, 5.74) is 0. The van der Waals surface area contributed by atoms with Gasteiger partial charge in [-0.1, -0.05) is 0 Å². The van der Waals surface area contributed by atoms with Crippen LogP contribution in [0.3, 0.4) is 0 Å². The average Bonchev–Trinajstić information content (AvgIpc) is 0.918. The third-order valence-corrected chi connectivity index (χ3v) is 0. The van der Waals surface area contributed by atoms with Crippen LogP contribution in [0.5, 0.6) is 0 Å². The van der Waals surface area contributed by atoms with Gasteiger partial charge in [-0.05, 0) is 0 Å². The van der Waals surface area contributed by atoms with Crippen LogP contribution in [-0.2, 0) is 0 Å². The molecule has 0 aliphatic carbocycles. The minimum absolute atomic E-state index is 0. The Morgan fingerprint density at radius 2 is 0.667 bits per heavy atom. The van der Waals surface area contributed by atoms with E-state index >= 15 is 0 Å². The molecule has 0 fully saturated rings. The maximum absolute atomic E-state index is 2.00. The van der Waals surface area contributed by atoms with Crippen molar-refractivity contribution in [2.24, 2.45) is 0 Å². The van der Waals surface area contributed by atoms with Gasteiger partial charge in [0.1, 0.15) is 0 Å². The summed E-state index contributed by atoms with van der Waals surface area (Å²) in [6.45, 7) is 4.00. The largest absolute Gasteiger partial charge is 0.358 e. The third kappa shape index (κ3) is 71.8. The summed E-state index contributed by atoms with van der Waals surface area (Å²) >= 11 is 0. The predicted molar refractivity (Wildman–Crippen MR) is 28.5 cm³/mol. The molecule has 0 aromatic rings. The Kier molecular flexibility index (Phi) is 321. The van der Waals surface area contributed by atoms with Crippen LogP contribution in [0.4, 0.5) is 0 Å². The molecule has 0 rings (SSSR count). The van der Waals surface area contributed by atoms with Crippen molar-refractivity contribution in [1.29, 1.82) is 0 Å². The second-order valence-electron chi connectivity index (χ2n) is 0.577. The van der Waals surface area contributed by atoms with Crippen LogP contribution in [0, 0.1) is 146 Å². The summed E-state index contributed by atoms with van der Waals surface area (Å²) in [5, 5.41) is 0. The van der Waals surface area contributed by atoms with Crippen molar-refractivity contribution in [2.45, 2.75) is 13.8 Å². The van der Waals surface area contributed by atoms with Crippen LogP contribution in [0.25, 0.3) is 0 Å². The van der Waals surface area contributed by atoms with Crippen molar-refractivity contribution >= 4 is 0 Å². The van der Waals surface area contributed by atoms with Gasteiger partial charge in [0.05, 0.1) is 0 Å². The molecule has 0 aliphatic heterocycles. The molecule has 4 heteroatoms. The van der Waals surface area contributed by atoms with E-state index < -0.39 is 0 Å². The fraction of sp³-hybridized carbons (Fsp3) is 0.400. The van der Waals surface area contributed by atoms with Crippen LogP contribution >= 0.6 is 0 Å². The van der Waals surface area contributed by atoms with Crippen LogP contribution in [0.2, 0.25) is 0 Å². The van der Waals surface area contributed by atoms with E-state index in [9.17, 15) is 0 Å². The summed E-state index contributed by atoms with van der Waals surface area (Å²) in [7, 11) is 0. The Balaban J connectivity index is -0.00000000133. The minimum atomic E-state index is 0. The Hall–Kier alpha value is 4.21. The first kappa shape index (κ1) is 51.1. The molecule has 0 bridgehead atoms. The van der Waals surface area contributed by atoms with Gasteiger partial charge in [0.2, 0.25) is 0 Å². The first-order valence-corrected chi connectivity index (χ1v) is 1.15. The molecular weight excluding hydrogens is 1010 g/mol. The number of hydrogen-bond donors (Lipinski definition) is 0. The van der Waals surface area contributed by atoms with Gasteiger partial charge in [-0.15, -0.1) is 0 Å². The smallest absolute Gasteiger partial charge is 0 e. The first-order valence-electron chi connectivity index (χ1n) is 1.15. The molecular formula is C5H13U4-3. The third-order valence-electron chi connectivity index (χ3n) is 0. The molecule has 0 atom stereocenters. The van der Waals surface area contributed by atoms with Crippen LogP contribution in [0.1, 0.15) is 13.8 Å². The van der Waals surface area contributed by atoms with E-state index in [1.165, 1.54) is 0 Å². The van der Waals surface area contributed by atoms with Crippen molar-refractivity contribution < 1.29 is 124 Å². The molecule has 0 saturated heterocycles. The molecule has 0 nitrogen and oxygen atoms in total. The van der Waals surface area contributed by atoms with Crippen molar-refractivity contribution in [1.82, 2.24) is 0 Å². The second kappa shape index (κ2) is 56.5. The fourth-order valence-electron chi connectivity index (χ4n) is 0. The molecule has 0 aromatic carbocycles. The Bertz CT molecular complexity index is 8.92. The normalized spacial score (nSPS) is 2.00.